The number of hydrogen-bond donors (Lipinski definition) is 2. The Bertz CT molecular complexity index is 240. The van der Waals surface area contributed by atoms with Crippen molar-refractivity contribution in [2.75, 3.05) is 0 Å². The molecule has 0 unspecified atom stereocenters. The fourth-order valence-corrected chi connectivity index (χ4v) is 0.625. The van der Waals surface area contributed by atoms with Crippen molar-refractivity contribution < 1.29 is 14.6 Å². The highest BCUT2D eigenvalue weighted by molar-refractivity contribution is 5.21. The summed E-state index contributed by atoms with van der Waals surface area (Å²) in [4.78, 5) is 3.62. The predicted molar refractivity (Wildman–Crippen MR) is 38.5 cm³/mol. The highest BCUT2D eigenvalue weighted by atomic mass is 16.5. The third kappa shape index (κ3) is 1.45. The summed E-state index contributed by atoms with van der Waals surface area (Å²) in [5, 5.41) is 17.7. The number of hydrogen-bond acceptors (Lipinski definition) is 4. The largest absolute Gasteiger partial charge is 0.488 e. The number of oxazole rings is 1. The third-order valence-electron chi connectivity index (χ3n) is 1.23. The van der Waals surface area contributed by atoms with E-state index in [4.69, 9.17) is 14.6 Å². The molecule has 1 heterocycles. The Morgan fingerprint density at radius 1 is 1.27 bits per heavy atom. The minimum atomic E-state index is -0.519. The maximum atomic E-state index is 8.85. The maximum absolute atomic E-state index is 8.85. The molecule has 0 fully saturated rings. The highest BCUT2D eigenvalue weighted by Gasteiger charge is 2.23. The van der Waals surface area contributed by atoms with Crippen LogP contribution in [0.25, 0.3) is 0 Å². The zero-order valence-corrected chi connectivity index (χ0v) is 6.75. The molecule has 1 rings (SSSR count). The van der Waals surface area contributed by atoms with E-state index in [1.807, 2.05) is 20.8 Å². The van der Waals surface area contributed by atoms with Crippen LogP contribution in [-0.2, 0) is 5.41 Å². The zero-order chi connectivity index (χ0) is 8.65. The van der Waals surface area contributed by atoms with Crippen LogP contribution >= 0.6 is 0 Å². The van der Waals surface area contributed by atoms with Gasteiger partial charge < -0.3 is 14.6 Å². The van der Waals surface area contributed by atoms with Crippen LogP contribution in [0.2, 0.25) is 0 Å². The molecule has 11 heavy (non-hydrogen) atoms. The maximum Gasteiger partial charge on any atom is 0.348 e. The van der Waals surface area contributed by atoms with Gasteiger partial charge in [-0.3, -0.25) is 0 Å². The van der Waals surface area contributed by atoms with Gasteiger partial charge in [-0.25, -0.2) is 0 Å². The van der Waals surface area contributed by atoms with E-state index in [0.717, 1.165) is 0 Å². The summed E-state index contributed by atoms with van der Waals surface area (Å²) in [5.74, 6) is -0.641. The average Bonchev–Trinajstić information content (AvgIpc) is 2.11. The molecule has 0 radical (unpaired) electrons. The van der Waals surface area contributed by atoms with E-state index in [9.17, 15) is 0 Å². The number of rotatable bonds is 0. The van der Waals surface area contributed by atoms with Crippen molar-refractivity contribution in [3.63, 3.8) is 0 Å². The van der Waals surface area contributed by atoms with Crippen LogP contribution < -0.4 is 0 Å². The molecule has 0 saturated heterocycles. The molecule has 1 aromatic rings. The van der Waals surface area contributed by atoms with Gasteiger partial charge in [-0.1, -0.05) is 20.8 Å². The van der Waals surface area contributed by atoms with Crippen molar-refractivity contribution in [3.05, 3.63) is 5.89 Å². The van der Waals surface area contributed by atoms with Gasteiger partial charge >= 0.3 is 5.95 Å². The topological polar surface area (TPSA) is 66.5 Å². The Kier molecular flexibility index (Phi) is 1.55. The Morgan fingerprint density at radius 3 is 2.00 bits per heavy atom. The summed E-state index contributed by atoms with van der Waals surface area (Å²) >= 11 is 0. The van der Waals surface area contributed by atoms with Crippen LogP contribution in [0.15, 0.2) is 4.42 Å². The summed E-state index contributed by atoms with van der Waals surface area (Å²) in [5.41, 5.74) is -0.293. The lowest BCUT2D eigenvalue weighted by Gasteiger charge is -2.11. The Balaban J connectivity index is 3.08. The average molecular weight is 157 g/mol. The van der Waals surface area contributed by atoms with Crippen LogP contribution in [0.1, 0.15) is 26.7 Å². The molecule has 0 bridgehead atoms. The van der Waals surface area contributed by atoms with Gasteiger partial charge in [-0.15, -0.1) is 0 Å². The summed E-state index contributed by atoms with van der Waals surface area (Å²) in [6.45, 7) is 5.62. The van der Waals surface area contributed by atoms with E-state index >= 15 is 0 Å². The van der Waals surface area contributed by atoms with Crippen LogP contribution in [0.3, 0.4) is 0 Å². The van der Waals surface area contributed by atoms with E-state index in [0.29, 0.717) is 5.89 Å². The van der Waals surface area contributed by atoms with Gasteiger partial charge in [-0.2, -0.15) is 4.98 Å². The minimum Gasteiger partial charge on any atom is -0.488 e. The highest BCUT2D eigenvalue weighted by Crippen LogP contribution is 2.30. The molecule has 0 aliphatic carbocycles. The fourth-order valence-electron chi connectivity index (χ4n) is 0.625. The normalized spacial score (nSPS) is 11.9. The smallest absolute Gasteiger partial charge is 0.348 e. The quantitative estimate of drug-likeness (QED) is 0.597. The first-order valence-electron chi connectivity index (χ1n) is 3.30. The lowest BCUT2D eigenvalue weighted by Crippen LogP contribution is -2.10. The first kappa shape index (κ1) is 7.91. The molecule has 0 saturated carbocycles. The third-order valence-corrected chi connectivity index (χ3v) is 1.23. The molecule has 0 aliphatic heterocycles. The molecule has 0 spiro atoms. The predicted octanol–water partition coefficient (Wildman–Crippen LogP) is 1.38. The van der Waals surface area contributed by atoms with E-state index in [1.165, 1.54) is 0 Å². The number of nitrogens with zero attached hydrogens (tertiary/aromatic N) is 1. The van der Waals surface area contributed by atoms with Gasteiger partial charge in [-0.05, 0) is 0 Å². The summed E-state index contributed by atoms with van der Waals surface area (Å²) in [6, 6.07) is 0. The standard InChI is InChI=1S/C7H11NO3/c1-7(2,3)6-8-4(9)5(10)11-6/h9-10H,1-3H3. The fraction of sp³-hybridized carbons (Fsp3) is 0.571. The Morgan fingerprint density at radius 2 is 1.82 bits per heavy atom. The summed E-state index contributed by atoms with van der Waals surface area (Å²) < 4.78 is 4.77. The van der Waals surface area contributed by atoms with Gasteiger partial charge in [0.25, 0.3) is 5.88 Å². The second-order valence-corrected chi connectivity index (χ2v) is 3.40. The molecule has 0 amide bonds. The summed E-state index contributed by atoms with van der Waals surface area (Å²) in [7, 11) is 0. The van der Waals surface area contributed by atoms with E-state index in [-0.39, 0.29) is 5.41 Å². The van der Waals surface area contributed by atoms with Gasteiger partial charge in [0.1, 0.15) is 0 Å². The van der Waals surface area contributed by atoms with Crippen LogP contribution in [0.5, 0.6) is 11.8 Å². The van der Waals surface area contributed by atoms with Crippen molar-refractivity contribution in [2.24, 2.45) is 0 Å². The molecule has 2 N–H and O–H groups in total. The van der Waals surface area contributed by atoms with Crippen molar-refractivity contribution in [3.8, 4) is 11.8 Å². The zero-order valence-electron chi connectivity index (χ0n) is 6.75. The second-order valence-electron chi connectivity index (χ2n) is 3.40. The van der Waals surface area contributed by atoms with Gasteiger partial charge in [0.05, 0.1) is 0 Å². The van der Waals surface area contributed by atoms with Gasteiger partial charge in [0.2, 0.25) is 5.89 Å². The minimum absolute atomic E-state index is 0.293. The molecule has 62 valence electrons. The molecule has 0 atom stereocenters. The molecular weight excluding hydrogens is 146 g/mol. The monoisotopic (exact) mass is 157 g/mol. The van der Waals surface area contributed by atoms with Crippen molar-refractivity contribution >= 4 is 0 Å². The number of aromatic nitrogens is 1. The second kappa shape index (κ2) is 2.15. The first-order chi connectivity index (χ1) is 4.91. The molecule has 0 aliphatic rings. The molecular formula is C7H11NO3. The van der Waals surface area contributed by atoms with E-state index in [2.05, 4.69) is 4.98 Å². The van der Waals surface area contributed by atoms with Crippen molar-refractivity contribution in [1.82, 2.24) is 4.98 Å². The molecule has 4 heteroatoms. The van der Waals surface area contributed by atoms with E-state index in [1.54, 1.807) is 0 Å². The Labute approximate surface area is 64.5 Å². The van der Waals surface area contributed by atoms with Gasteiger partial charge in [0.15, 0.2) is 0 Å². The van der Waals surface area contributed by atoms with Crippen LogP contribution in [0.4, 0.5) is 0 Å². The Hall–Kier alpha value is -1.19. The van der Waals surface area contributed by atoms with Crippen molar-refractivity contribution in [1.29, 1.82) is 0 Å². The molecule has 1 aromatic heterocycles. The molecule has 0 aromatic carbocycles. The molecule has 4 nitrogen and oxygen atoms in total. The lowest BCUT2D eigenvalue weighted by molar-refractivity contribution is 0.279. The first-order valence-corrected chi connectivity index (χ1v) is 3.30. The lowest BCUT2D eigenvalue weighted by atomic mass is 9.97. The summed E-state index contributed by atoms with van der Waals surface area (Å²) in [6.07, 6.45) is 0. The SMILES string of the molecule is CC(C)(C)c1nc(O)c(O)o1. The van der Waals surface area contributed by atoms with E-state index < -0.39 is 11.8 Å². The van der Waals surface area contributed by atoms with Crippen LogP contribution in [0, 0.1) is 0 Å². The number of aromatic hydroxyl groups is 2. The van der Waals surface area contributed by atoms with Crippen molar-refractivity contribution in [2.45, 2.75) is 26.2 Å². The van der Waals surface area contributed by atoms with Gasteiger partial charge in [0, 0.05) is 5.41 Å². The van der Waals surface area contributed by atoms with Crippen LogP contribution in [-0.4, -0.2) is 15.2 Å².